The van der Waals surface area contributed by atoms with Gasteiger partial charge < -0.3 is 0 Å². The van der Waals surface area contributed by atoms with Crippen molar-refractivity contribution in [1.29, 1.82) is 0 Å². The van der Waals surface area contributed by atoms with Crippen LogP contribution in [0.4, 0.5) is 0 Å². The molecule has 0 radical (unpaired) electrons. The third-order valence-corrected chi connectivity index (χ3v) is 4.52. The summed E-state index contributed by atoms with van der Waals surface area (Å²) < 4.78 is 3.37. The van der Waals surface area contributed by atoms with Gasteiger partial charge >= 0.3 is 0 Å². The molecule has 2 aromatic rings. The number of nitrogens with zero attached hydrogens (tertiary/aromatic N) is 2. The Bertz CT molecular complexity index is 434. The van der Waals surface area contributed by atoms with Crippen LogP contribution in [0.3, 0.4) is 0 Å². The van der Waals surface area contributed by atoms with Crippen molar-refractivity contribution in [3.63, 3.8) is 0 Å². The van der Waals surface area contributed by atoms with Gasteiger partial charge in [-0.2, -0.15) is 0 Å². The van der Waals surface area contributed by atoms with Crippen LogP contribution in [0.15, 0.2) is 18.3 Å². The van der Waals surface area contributed by atoms with E-state index in [1.807, 2.05) is 19.2 Å². The van der Waals surface area contributed by atoms with Crippen molar-refractivity contribution >= 4 is 56.4 Å². The standard InChI is InChI=1S/C8H6I2N2/c1-5-8-6(2-3-11-5)4-7(9)12(8)10/h2-4H,1H3. The number of aryl methyl sites for hydroxylation is 1. The first kappa shape index (κ1) is 8.74. The lowest BCUT2D eigenvalue weighted by Crippen LogP contribution is -1.86. The van der Waals surface area contributed by atoms with Gasteiger partial charge in [-0.1, -0.05) is 0 Å². The number of pyridine rings is 1. The Labute approximate surface area is 98.0 Å². The lowest BCUT2D eigenvalue weighted by Gasteiger charge is -1.97. The van der Waals surface area contributed by atoms with Gasteiger partial charge in [0.2, 0.25) is 0 Å². The molecular formula is C8H6I2N2. The Morgan fingerprint density at radius 1 is 1.50 bits per heavy atom. The zero-order valence-electron chi connectivity index (χ0n) is 6.38. The highest BCUT2D eigenvalue weighted by Gasteiger charge is 2.06. The topological polar surface area (TPSA) is 17.8 Å². The Hall–Kier alpha value is 0.150. The van der Waals surface area contributed by atoms with E-state index in [1.54, 1.807) is 0 Å². The summed E-state index contributed by atoms with van der Waals surface area (Å²) in [6.45, 7) is 2.04. The van der Waals surface area contributed by atoms with Crippen LogP contribution in [-0.4, -0.2) is 7.76 Å². The lowest BCUT2D eigenvalue weighted by molar-refractivity contribution is 1.20. The summed E-state index contributed by atoms with van der Waals surface area (Å²) >= 11 is 4.61. The van der Waals surface area contributed by atoms with Gasteiger partial charge in [-0.15, -0.1) is 0 Å². The van der Waals surface area contributed by atoms with Crippen molar-refractivity contribution in [3.8, 4) is 0 Å². The van der Waals surface area contributed by atoms with Crippen LogP contribution >= 0.6 is 45.5 Å². The van der Waals surface area contributed by atoms with Gasteiger partial charge in [-0.3, -0.25) is 7.76 Å². The fourth-order valence-electron chi connectivity index (χ4n) is 1.24. The molecule has 0 aliphatic heterocycles. The van der Waals surface area contributed by atoms with Gasteiger partial charge in [0, 0.05) is 11.6 Å². The maximum Gasteiger partial charge on any atom is 0.0902 e. The van der Waals surface area contributed by atoms with E-state index in [9.17, 15) is 0 Å². The van der Waals surface area contributed by atoms with E-state index < -0.39 is 0 Å². The molecule has 2 rings (SSSR count). The van der Waals surface area contributed by atoms with E-state index in [0.29, 0.717) is 0 Å². The summed E-state index contributed by atoms with van der Waals surface area (Å²) in [6, 6.07) is 4.21. The highest BCUT2D eigenvalue weighted by Crippen LogP contribution is 2.24. The number of rotatable bonds is 0. The normalized spacial score (nSPS) is 10.9. The molecule has 12 heavy (non-hydrogen) atoms. The highest BCUT2D eigenvalue weighted by molar-refractivity contribution is 14.1. The fourth-order valence-corrected chi connectivity index (χ4v) is 2.59. The maximum atomic E-state index is 4.25. The molecule has 2 nitrogen and oxygen atoms in total. The molecule has 0 N–H and O–H groups in total. The van der Waals surface area contributed by atoms with Crippen molar-refractivity contribution in [3.05, 3.63) is 27.7 Å². The predicted octanol–water partition coefficient (Wildman–Crippen LogP) is 3.15. The molecule has 0 saturated carbocycles. The minimum atomic E-state index is 1.09. The zero-order valence-corrected chi connectivity index (χ0v) is 10.7. The summed E-state index contributed by atoms with van der Waals surface area (Å²) in [7, 11) is 0. The summed E-state index contributed by atoms with van der Waals surface area (Å²) in [6.07, 6.45) is 1.85. The van der Waals surface area contributed by atoms with Crippen LogP contribution in [0, 0.1) is 10.6 Å². The monoisotopic (exact) mass is 384 g/mol. The van der Waals surface area contributed by atoms with E-state index in [4.69, 9.17) is 0 Å². The molecule has 0 aliphatic carbocycles. The minimum Gasteiger partial charge on any atom is -0.275 e. The first-order chi connectivity index (χ1) is 5.70. The zero-order chi connectivity index (χ0) is 8.72. The number of hydrogen-bond donors (Lipinski definition) is 0. The van der Waals surface area contributed by atoms with Gasteiger partial charge in [-0.25, -0.2) is 0 Å². The number of aromatic nitrogens is 2. The number of halogens is 2. The van der Waals surface area contributed by atoms with Crippen molar-refractivity contribution in [2.45, 2.75) is 6.92 Å². The molecular weight excluding hydrogens is 378 g/mol. The second-order valence-corrected chi connectivity index (χ2v) is 4.65. The van der Waals surface area contributed by atoms with Crippen LogP contribution in [0.1, 0.15) is 5.69 Å². The molecule has 0 fully saturated rings. The van der Waals surface area contributed by atoms with E-state index in [0.717, 1.165) is 5.69 Å². The number of fused-ring (bicyclic) bond motifs is 1. The quantitative estimate of drug-likeness (QED) is 0.639. The molecule has 0 saturated heterocycles. The van der Waals surface area contributed by atoms with Crippen molar-refractivity contribution in [2.24, 2.45) is 0 Å². The second-order valence-electron chi connectivity index (χ2n) is 2.58. The summed E-state index contributed by atoms with van der Waals surface area (Å²) in [5, 5.41) is 1.27. The largest absolute Gasteiger partial charge is 0.275 e. The molecule has 0 atom stereocenters. The molecule has 62 valence electrons. The minimum absolute atomic E-state index is 1.09. The average molecular weight is 384 g/mol. The molecule has 0 aromatic carbocycles. The maximum absolute atomic E-state index is 4.25. The van der Waals surface area contributed by atoms with Crippen LogP contribution in [0.5, 0.6) is 0 Å². The Kier molecular flexibility index (Phi) is 2.28. The van der Waals surface area contributed by atoms with Crippen molar-refractivity contribution in [2.75, 3.05) is 0 Å². The van der Waals surface area contributed by atoms with E-state index in [1.165, 1.54) is 14.6 Å². The van der Waals surface area contributed by atoms with Crippen LogP contribution in [0.25, 0.3) is 10.9 Å². The summed E-state index contributed by atoms with van der Waals surface area (Å²) in [5.41, 5.74) is 2.31. The molecule has 0 unspecified atom stereocenters. The van der Waals surface area contributed by atoms with E-state index in [-0.39, 0.29) is 0 Å². The predicted molar refractivity (Wildman–Crippen MR) is 66.6 cm³/mol. The number of hydrogen-bond acceptors (Lipinski definition) is 1. The highest BCUT2D eigenvalue weighted by atomic mass is 127. The molecule has 0 aliphatic rings. The Morgan fingerprint density at radius 3 is 2.92 bits per heavy atom. The van der Waals surface area contributed by atoms with Gasteiger partial charge in [0.05, 0.1) is 37.8 Å². The molecule has 2 heterocycles. The van der Waals surface area contributed by atoms with Gasteiger partial charge in [0.25, 0.3) is 0 Å². The van der Waals surface area contributed by atoms with Gasteiger partial charge in [-0.05, 0) is 41.6 Å². The molecule has 4 heteroatoms. The van der Waals surface area contributed by atoms with Crippen LogP contribution in [0.2, 0.25) is 0 Å². The lowest BCUT2D eigenvalue weighted by atomic mass is 10.3. The third-order valence-electron chi connectivity index (χ3n) is 1.80. The average Bonchev–Trinajstić information content (AvgIpc) is 2.29. The fraction of sp³-hybridized carbons (Fsp3) is 0.125. The first-order valence-corrected chi connectivity index (χ1v) is 5.53. The summed E-state index contributed by atoms with van der Waals surface area (Å²) in [4.78, 5) is 4.25. The first-order valence-electron chi connectivity index (χ1n) is 3.49. The molecule has 0 amide bonds. The third kappa shape index (κ3) is 1.24. The van der Waals surface area contributed by atoms with Crippen LogP contribution < -0.4 is 0 Å². The van der Waals surface area contributed by atoms with Crippen molar-refractivity contribution in [1.82, 2.24) is 7.76 Å². The smallest absolute Gasteiger partial charge is 0.0902 e. The van der Waals surface area contributed by atoms with E-state index >= 15 is 0 Å². The second kappa shape index (κ2) is 3.13. The summed E-state index contributed by atoms with van der Waals surface area (Å²) in [5.74, 6) is 0. The van der Waals surface area contributed by atoms with Crippen LogP contribution in [-0.2, 0) is 0 Å². The van der Waals surface area contributed by atoms with Gasteiger partial charge in [0.1, 0.15) is 0 Å². The molecule has 0 bridgehead atoms. The van der Waals surface area contributed by atoms with Gasteiger partial charge in [0.15, 0.2) is 0 Å². The van der Waals surface area contributed by atoms with E-state index in [2.05, 4.69) is 59.3 Å². The SMILES string of the molecule is Cc1nccc2cc(I)n(I)c12. The molecule has 2 aromatic heterocycles. The van der Waals surface area contributed by atoms with Crippen molar-refractivity contribution < 1.29 is 0 Å². The Balaban J connectivity index is 2.97. The molecule has 0 spiro atoms. The Morgan fingerprint density at radius 2 is 2.25 bits per heavy atom.